The van der Waals surface area contributed by atoms with Crippen molar-refractivity contribution in [2.24, 2.45) is 5.73 Å². The van der Waals surface area contributed by atoms with Crippen LogP contribution in [0.5, 0.6) is 5.75 Å². The topological polar surface area (TPSA) is 67.6 Å². The summed E-state index contributed by atoms with van der Waals surface area (Å²) in [4.78, 5) is 14.4. The molecule has 1 heterocycles. The Kier molecular flexibility index (Phi) is 5.92. The Labute approximate surface area is 165 Å². The lowest BCUT2D eigenvalue weighted by molar-refractivity contribution is 0.0997. The summed E-state index contributed by atoms with van der Waals surface area (Å²) in [5, 5.41) is 3.67. The molecule has 0 saturated carbocycles. The second-order valence-electron chi connectivity index (χ2n) is 6.93. The zero-order valence-electron chi connectivity index (χ0n) is 16.0. The van der Waals surface area contributed by atoms with Gasteiger partial charge in [0.25, 0.3) is 5.91 Å². The van der Waals surface area contributed by atoms with Gasteiger partial charge < -0.3 is 15.8 Å². The van der Waals surface area contributed by atoms with E-state index in [1.165, 1.54) is 5.56 Å². The molecule has 1 aliphatic rings. The van der Waals surface area contributed by atoms with Crippen molar-refractivity contribution in [1.82, 2.24) is 4.90 Å². The van der Waals surface area contributed by atoms with Gasteiger partial charge in [-0.25, -0.2) is 0 Å². The molecule has 2 unspecified atom stereocenters. The Balaban J connectivity index is 1.99. The number of nitrogens with zero attached hydrogens (tertiary/aromatic N) is 1. The van der Waals surface area contributed by atoms with Crippen LogP contribution in [0.1, 0.15) is 40.7 Å². The van der Waals surface area contributed by atoms with Crippen LogP contribution in [0.25, 0.3) is 0 Å². The standard InChI is InChI=1S/C21H26ClN3O2/c1-13-15(9-10-25(13)12-14-7-5-4-6-8-14)18-19(24-2)17(22)11-16(21(23)26)20(18)27-3/h4-8,11,13,15,24H,9-10,12H2,1-3H3,(H2,23,26). The van der Waals surface area contributed by atoms with Crippen molar-refractivity contribution in [2.45, 2.75) is 31.8 Å². The minimum absolute atomic E-state index is 0.183. The molecule has 27 heavy (non-hydrogen) atoms. The molecular weight excluding hydrogens is 362 g/mol. The highest BCUT2D eigenvalue weighted by molar-refractivity contribution is 6.34. The number of anilines is 1. The molecule has 0 aliphatic carbocycles. The van der Waals surface area contributed by atoms with Crippen LogP contribution < -0.4 is 15.8 Å². The first-order valence-corrected chi connectivity index (χ1v) is 9.51. The first-order chi connectivity index (χ1) is 13.0. The molecular formula is C21H26ClN3O2. The van der Waals surface area contributed by atoms with Gasteiger partial charge in [-0.05, 0) is 31.5 Å². The molecule has 0 bridgehead atoms. The van der Waals surface area contributed by atoms with Gasteiger partial charge in [-0.3, -0.25) is 9.69 Å². The highest BCUT2D eigenvalue weighted by Crippen LogP contribution is 2.46. The Morgan fingerprint density at radius 1 is 1.37 bits per heavy atom. The molecule has 3 rings (SSSR count). The quantitative estimate of drug-likeness (QED) is 0.789. The molecule has 5 nitrogen and oxygen atoms in total. The van der Waals surface area contributed by atoms with Crippen LogP contribution in [0.3, 0.4) is 0 Å². The van der Waals surface area contributed by atoms with Crippen LogP contribution >= 0.6 is 11.6 Å². The summed E-state index contributed by atoms with van der Waals surface area (Å²) in [6.07, 6.45) is 0.956. The van der Waals surface area contributed by atoms with Gasteiger partial charge in [0.15, 0.2) is 0 Å². The number of carbonyl (C=O) groups is 1. The van der Waals surface area contributed by atoms with Gasteiger partial charge in [-0.1, -0.05) is 41.9 Å². The van der Waals surface area contributed by atoms with Crippen molar-refractivity contribution in [2.75, 3.05) is 26.0 Å². The van der Waals surface area contributed by atoms with Gasteiger partial charge in [-0.15, -0.1) is 0 Å². The molecule has 1 fully saturated rings. The first-order valence-electron chi connectivity index (χ1n) is 9.13. The fourth-order valence-corrected chi connectivity index (χ4v) is 4.40. The molecule has 0 radical (unpaired) electrons. The molecule has 1 aliphatic heterocycles. The van der Waals surface area contributed by atoms with Gasteiger partial charge in [0.1, 0.15) is 5.75 Å². The monoisotopic (exact) mass is 387 g/mol. The zero-order chi connectivity index (χ0) is 19.6. The molecule has 0 aromatic heterocycles. The van der Waals surface area contributed by atoms with E-state index in [-0.39, 0.29) is 12.0 Å². The van der Waals surface area contributed by atoms with Crippen LogP contribution in [0, 0.1) is 0 Å². The smallest absolute Gasteiger partial charge is 0.252 e. The largest absolute Gasteiger partial charge is 0.496 e. The molecule has 144 valence electrons. The van der Waals surface area contributed by atoms with E-state index < -0.39 is 5.91 Å². The number of hydrogen-bond donors (Lipinski definition) is 2. The lowest BCUT2D eigenvalue weighted by Crippen LogP contribution is -2.29. The maximum atomic E-state index is 11.9. The normalized spacial score (nSPS) is 19.9. The van der Waals surface area contributed by atoms with E-state index in [1.54, 1.807) is 13.2 Å². The molecule has 6 heteroatoms. The SMILES string of the molecule is CNc1c(Cl)cc(C(N)=O)c(OC)c1C1CCN(Cc2ccccc2)C1C. The van der Waals surface area contributed by atoms with Crippen molar-refractivity contribution < 1.29 is 9.53 Å². The van der Waals surface area contributed by atoms with E-state index in [1.807, 2.05) is 13.1 Å². The summed E-state index contributed by atoms with van der Waals surface area (Å²) < 4.78 is 5.63. The number of rotatable bonds is 6. The molecule has 2 aromatic carbocycles. The van der Waals surface area contributed by atoms with Crippen molar-refractivity contribution >= 4 is 23.2 Å². The fourth-order valence-electron chi connectivity index (χ4n) is 4.09. The summed E-state index contributed by atoms with van der Waals surface area (Å²) in [7, 11) is 3.40. The van der Waals surface area contributed by atoms with Gasteiger partial charge >= 0.3 is 0 Å². The molecule has 1 amide bonds. The summed E-state index contributed by atoms with van der Waals surface area (Å²) in [6.45, 7) is 4.06. The van der Waals surface area contributed by atoms with E-state index in [0.29, 0.717) is 16.3 Å². The van der Waals surface area contributed by atoms with Crippen molar-refractivity contribution in [3.8, 4) is 5.75 Å². The number of benzene rings is 2. The molecule has 1 saturated heterocycles. The minimum atomic E-state index is -0.538. The average Bonchev–Trinajstić information content (AvgIpc) is 3.01. The molecule has 2 aromatic rings. The third kappa shape index (κ3) is 3.75. The summed E-state index contributed by atoms with van der Waals surface area (Å²) in [5.74, 6) is 0.169. The van der Waals surface area contributed by atoms with E-state index in [2.05, 4.69) is 41.4 Å². The lowest BCUT2D eigenvalue weighted by Gasteiger charge is -2.28. The van der Waals surface area contributed by atoms with Gasteiger partial charge in [0, 0.05) is 31.1 Å². The second-order valence-corrected chi connectivity index (χ2v) is 7.34. The predicted octanol–water partition coefficient (Wildman–Crippen LogP) is 3.87. The number of hydrogen-bond acceptors (Lipinski definition) is 4. The van der Waals surface area contributed by atoms with Crippen molar-refractivity contribution in [3.63, 3.8) is 0 Å². The van der Waals surface area contributed by atoms with Crippen LogP contribution in [-0.4, -0.2) is 37.6 Å². The van der Waals surface area contributed by atoms with E-state index in [9.17, 15) is 4.79 Å². The number of nitrogens with one attached hydrogen (secondary N) is 1. The van der Waals surface area contributed by atoms with Gasteiger partial charge in [0.05, 0.1) is 23.4 Å². The van der Waals surface area contributed by atoms with Gasteiger partial charge in [0.2, 0.25) is 0 Å². The number of ether oxygens (including phenoxy) is 1. The number of methoxy groups -OCH3 is 1. The highest BCUT2D eigenvalue weighted by Gasteiger charge is 2.36. The number of halogens is 1. The Morgan fingerprint density at radius 3 is 2.67 bits per heavy atom. The second kappa shape index (κ2) is 8.19. The number of nitrogens with two attached hydrogens (primary N) is 1. The van der Waals surface area contributed by atoms with Crippen LogP contribution in [0.4, 0.5) is 5.69 Å². The average molecular weight is 388 g/mol. The van der Waals surface area contributed by atoms with Crippen molar-refractivity contribution in [3.05, 3.63) is 58.1 Å². The van der Waals surface area contributed by atoms with Crippen LogP contribution in [0.15, 0.2) is 36.4 Å². The Morgan fingerprint density at radius 2 is 2.07 bits per heavy atom. The molecule has 3 N–H and O–H groups in total. The predicted molar refractivity (Wildman–Crippen MR) is 110 cm³/mol. The first kappa shape index (κ1) is 19.5. The van der Waals surface area contributed by atoms with Crippen molar-refractivity contribution in [1.29, 1.82) is 0 Å². The van der Waals surface area contributed by atoms with Crippen LogP contribution in [0.2, 0.25) is 5.02 Å². The van der Waals surface area contributed by atoms with Gasteiger partial charge in [-0.2, -0.15) is 0 Å². The minimum Gasteiger partial charge on any atom is -0.496 e. The number of carbonyl (C=O) groups excluding carboxylic acids is 1. The number of amides is 1. The van der Waals surface area contributed by atoms with E-state index in [0.717, 1.165) is 30.8 Å². The fraction of sp³-hybridized carbons (Fsp3) is 0.381. The van der Waals surface area contributed by atoms with E-state index in [4.69, 9.17) is 22.1 Å². The third-order valence-electron chi connectivity index (χ3n) is 5.47. The number of likely N-dealkylation sites (tertiary alicyclic amines) is 1. The summed E-state index contributed by atoms with van der Waals surface area (Å²) >= 11 is 6.46. The summed E-state index contributed by atoms with van der Waals surface area (Å²) in [5.41, 5.74) is 8.92. The maximum absolute atomic E-state index is 11.9. The zero-order valence-corrected chi connectivity index (χ0v) is 16.7. The lowest BCUT2D eigenvalue weighted by atomic mass is 9.88. The highest BCUT2D eigenvalue weighted by atomic mass is 35.5. The summed E-state index contributed by atoms with van der Waals surface area (Å²) in [6, 6.07) is 12.3. The van der Waals surface area contributed by atoms with Crippen LogP contribution in [-0.2, 0) is 6.54 Å². The van der Waals surface area contributed by atoms with E-state index >= 15 is 0 Å². The maximum Gasteiger partial charge on any atom is 0.252 e. The molecule has 0 spiro atoms. The Bertz CT molecular complexity index is 826. The number of primary amides is 1. The Hall–Kier alpha value is -2.24. The third-order valence-corrected chi connectivity index (χ3v) is 5.77. The molecule has 2 atom stereocenters.